The van der Waals surface area contributed by atoms with E-state index >= 15 is 0 Å². The Balaban J connectivity index is 2.76. The summed E-state index contributed by atoms with van der Waals surface area (Å²) in [6.45, 7) is 5.65. The second kappa shape index (κ2) is 12.2. The Labute approximate surface area is 85.1 Å². The van der Waals surface area contributed by atoms with Gasteiger partial charge in [-0.2, -0.15) is 11.8 Å². The van der Waals surface area contributed by atoms with Gasteiger partial charge in [-0.15, -0.1) is 0 Å². The average molecular weight is 208 g/mol. The van der Waals surface area contributed by atoms with Crippen molar-refractivity contribution in [1.82, 2.24) is 0 Å². The smallest absolute Gasteiger partial charge is 0.0701 e. The van der Waals surface area contributed by atoms with E-state index in [-0.39, 0.29) is 0 Å². The summed E-state index contributed by atoms with van der Waals surface area (Å²) in [6.07, 6.45) is 0. The molecule has 0 spiro atoms. The van der Waals surface area contributed by atoms with Crippen molar-refractivity contribution in [2.75, 3.05) is 51.6 Å². The van der Waals surface area contributed by atoms with Crippen LogP contribution in [0.15, 0.2) is 0 Å². The van der Waals surface area contributed by atoms with Crippen LogP contribution in [0.4, 0.5) is 0 Å². The number of rotatable bonds is 10. The van der Waals surface area contributed by atoms with E-state index in [9.17, 15) is 0 Å². The minimum absolute atomic E-state index is 0.656. The second-order valence-electron chi connectivity index (χ2n) is 2.41. The van der Waals surface area contributed by atoms with Gasteiger partial charge in [0.25, 0.3) is 0 Å². The molecule has 0 saturated carbocycles. The van der Waals surface area contributed by atoms with Gasteiger partial charge in [-0.05, 0) is 5.75 Å². The molecular formula is C9H20O3S. The molecule has 0 rings (SSSR count). The summed E-state index contributed by atoms with van der Waals surface area (Å²) in [7, 11) is 1.67. The summed E-state index contributed by atoms with van der Waals surface area (Å²) in [5, 5.41) is 0. The lowest BCUT2D eigenvalue weighted by Gasteiger charge is -2.04. The number of hydrogen-bond acceptors (Lipinski definition) is 4. The number of ether oxygens (including phenoxy) is 3. The van der Waals surface area contributed by atoms with Gasteiger partial charge in [-0.25, -0.2) is 0 Å². The van der Waals surface area contributed by atoms with Gasteiger partial charge < -0.3 is 14.2 Å². The van der Waals surface area contributed by atoms with E-state index in [1.165, 1.54) is 0 Å². The Kier molecular flexibility index (Phi) is 12.4. The molecule has 4 heteroatoms. The molecular weight excluding hydrogens is 188 g/mol. The minimum Gasteiger partial charge on any atom is -0.382 e. The van der Waals surface area contributed by atoms with E-state index in [1.54, 1.807) is 7.11 Å². The molecule has 13 heavy (non-hydrogen) atoms. The van der Waals surface area contributed by atoms with Crippen molar-refractivity contribution >= 4 is 11.8 Å². The fraction of sp³-hybridized carbons (Fsp3) is 1.00. The fourth-order valence-corrected chi connectivity index (χ4v) is 1.25. The van der Waals surface area contributed by atoms with Crippen molar-refractivity contribution in [3.63, 3.8) is 0 Å². The molecule has 0 fully saturated rings. The average Bonchev–Trinajstić information content (AvgIpc) is 2.16. The Hall–Kier alpha value is 0.230. The van der Waals surface area contributed by atoms with Gasteiger partial charge in [0.1, 0.15) is 0 Å². The van der Waals surface area contributed by atoms with Gasteiger partial charge in [0.15, 0.2) is 0 Å². The molecule has 0 saturated heterocycles. The van der Waals surface area contributed by atoms with Crippen LogP contribution in [-0.2, 0) is 14.2 Å². The first-order chi connectivity index (χ1) is 6.41. The summed E-state index contributed by atoms with van der Waals surface area (Å²) in [5.41, 5.74) is 0. The largest absolute Gasteiger partial charge is 0.382 e. The van der Waals surface area contributed by atoms with E-state index in [4.69, 9.17) is 14.2 Å². The molecule has 0 aromatic heterocycles. The molecule has 0 aliphatic carbocycles. The lowest BCUT2D eigenvalue weighted by atomic mass is 10.7. The Morgan fingerprint density at radius 1 is 0.923 bits per heavy atom. The lowest BCUT2D eigenvalue weighted by Crippen LogP contribution is -2.09. The summed E-state index contributed by atoms with van der Waals surface area (Å²) < 4.78 is 15.4. The van der Waals surface area contributed by atoms with E-state index in [0.29, 0.717) is 26.4 Å². The molecule has 3 nitrogen and oxygen atoms in total. The molecule has 0 aliphatic heterocycles. The van der Waals surface area contributed by atoms with Crippen molar-refractivity contribution in [2.45, 2.75) is 6.92 Å². The SMILES string of the molecule is CCSCCOCCOCCOC. The monoisotopic (exact) mass is 208 g/mol. The third kappa shape index (κ3) is 12.2. The minimum atomic E-state index is 0.656. The van der Waals surface area contributed by atoms with Crippen LogP contribution in [0.2, 0.25) is 0 Å². The first-order valence-corrected chi connectivity index (χ1v) is 5.79. The summed E-state index contributed by atoms with van der Waals surface area (Å²) >= 11 is 1.89. The standard InChI is InChI=1S/C9H20O3S/c1-3-13-9-8-12-7-6-11-5-4-10-2/h3-9H2,1-2H3. The zero-order valence-electron chi connectivity index (χ0n) is 8.58. The Morgan fingerprint density at radius 3 is 2.15 bits per heavy atom. The zero-order valence-corrected chi connectivity index (χ0v) is 9.40. The van der Waals surface area contributed by atoms with Crippen LogP contribution in [0.3, 0.4) is 0 Å². The van der Waals surface area contributed by atoms with Gasteiger partial charge >= 0.3 is 0 Å². The van der Waals surface area contributed by atoms with E-state index in [1.807, 2.05) is 11.8 Å². The molecule has 80 valence electrons. The van der Waals surface area contributed by atoms with Crippen molar-refractivity contribution < 1.29 is 14.2 Å². The molecule has 0 amide bonds. The van der Waals surface area contributed by atoms with Gasteiger partial charge in [0.2, 0.25) is 0 Å². The highest BCUT2D eigenvalue weighted by Gasteiger charge is 1.89. The predicted molar refractivity (Wildman–Crippen MR) is 56.5 cm³/mol. The van der Waals surface area contributed by atoms with Gasteiger partial charge in [0.05, 0.1) is 33.0 Å². The van der Waals surface area contributed by atoms with Crippen molar-refractivity contribution in [3.05, 3.63) is 0 Å². The molecule has 0 heterocycles. The van der Waals surface area contributed by atoms with Crippen molar-refractivity contribution in [2.24, 2.45) is 0 Å². The first kappa shape index (κ1) is 13.2. The van der Waals surface area contributed by atoms with Gasteiger partial charge in [-0.1, -0.05) is 6.92 Å². The van der Waals surface area contributed by atoms with Crippen molar-refractivity contribution in [3.8, 4) is 0 Å². The molecule has 0 aliphatic rings. The predicted octanol–water partition coefficient (Wildman–Crippen LogP) is 1.42. The molecule has 0 N–H and O–H groups in total. The highest BCUT2D eigenvalue weighted by atomic mass is 32.2. The van der Waals surface area contributed by atoms with Crippen LogP contribution in [0, 0.1) is 0 Å². The van der Waals surface area contributed by atoms with Crippen LogP contribution in [0.1, 0.15) is 6.92 Å². The molecule has 0 radical (unpaired) electrons. The fourth-order valence-electron chi connectivity index (χ4n) is 0.726. The maximum Gasteiger partial charge on any atom is 0.0701 e. The van der Waals surface area contributed by atoms with Crippen LogP contribution in [-0.4, -0.2) is 51.6 Å². The van der Waals surface area contributed by atoms with E-state index in [0.717, 1.165) is 18.1 Å². The highest BCUT2D eigenvalue weighted by molar-refractivity contribution is 7.99. The molecule has 0 atom stereocenters. The van der Waals surface area contributed by atoms with Gasteiger partial charge in [0, 0.05) is 12.9 Å². The summed E-state index contributed by atoms with van der Waals surface area (Å²) in [4.78, 5) is 0. The highest BCUT2D eigenvalue weighted by Crippen LogP contribution is 1.96. The normalized spacial score (nSPS) is 10.6. The van der Waals surface area contributed by atoms with Crippen LogP contribution in [0.25, 0.3) is 0 Å². The molecule has 0 aromatic carbocycles. The van der Waals surface area contributed by atoms with E-state index in [2.05, 4.69) is 6.92 Å². The van der Waals surface area contributed by atoms with Gasteiger partial charge in [-0.3, -0.25) is 0 Å². The number of methoxy groups -OCH3 is 1. The second-order valence-corrected chi connectivity index (χ2v) is 3.81. The maximum absolute atomic E-state index is 5.33. The summed E-state index contributed by atoms with van der Waals surface area (Å²) in [5.74, 6) is 2.24. The van der Waals surface area contributed by atoms with Crippen LogP contribution >= 0.6 is 11.8 Å². The third-order valence-electron chi connectivity index (χ3n) is 1.38. The molecule has 0 unspecified atom stereocenters. The molecule has 0 bridgehead atoms. The Morgan fingerprint density at radius 2 is 1.54 bits per heavy atom. The van der Waals surface area contributed by atoms with E-state index < -0.39 is 0 Å². The third-order valence-corrected chi connectivity index (χ3v) is 2.24. The first-order valence-electron chi connectivity index (χ1n) is 4.64. The maximum atomic E-state index is 5.33. The zero-order chi connectivity index (χ0) is 9.78. The number of thioether (sulfide) groups is 1. The quantitative estimate of drug-likeness (QED) is 0.507. The van der Waals surface area contributed by atoms with Crippen LogP contribution < -0.4 is 0 Å². The Bertz CT molecular complexity index is 80.9. The topological polar surface area (TPSA) is 27.7 Å². The van der Waals surface area contributed by atoms with Crippen LogP contribution in [0.5, 0.6) is 0 Å². The van der Waals surface area contributed by atoms with Crippen molar-refractivity contribution in [1.29, 1.82) is 0 Å². The molecule has 0 aromatic rings. The summed E-state index contributed by atoms with van der Waals surface area (Å²) in [6, 6.07) is 0. The lowest BCUT2D eigenvalue weighted by molar-refractivity contribution is 0.0286. The number of hydrogen-bond donors (Lipinski definition) is 0.